The Kier molecular flexibility index (Phi) is 5.75. The quantitative estimate of drug-likeness (QED) is 0.231. The summed E-state index contributed by atoms with van der Waals surface area (Å²) in [6.45, 7) is 0. The van der Waals surface area contributed by atoms with E-state index < -0.39 is 5.41 Å². The average molecular weight is 536 g/mol. The van der Waals surface area contributed by atoms with Gasteiger partial charge in [0.1, 0.15) is 0 Å². The van der Waals surface area contributed by atoms with Crippen LogP contribution < -0.4 is 5.32 Å². The van der Waals surface area contributed by atoms with E-state index >= 15 is 0 Å². The molecule has 1 aliphatic rings. The molecule has 1 aliphatic carbocycles. The van der Waals surface area contributed by atoms with E-state index in [1.165, 1.54) is 55.3 Å². The van der Waals surface area contributed by atoms with Gasteiger partial charge in [0.05, 0.1) is 5.41 Å². The topological polar surface area (TPSA) is 12.0 Å². The predicted octanol–water partition coefficient (Wildman–Crippen LogP) is 10.6. The lowest BCUT2D eigenvalue weighted by molar-refractivity contribution is 0.768. The second kappa shape index (κ2) is 9.90. The Bertz CT molecular complexity index is 2010. The number of fused-ring (bicyclic) bond motifs is 4. The third kappa shape index (κ3) is 3.71. The zero-order valence-corrected chi connectivity index (χ0v) is 23.2. The first-order chi connectivity index (χ1) is 20.8. The van der Waals surface area contributed by atoms with Crippen molar-refractivity contribution in [1.82, 2.24) is 0 Å². The molecule has 0 saturated carbocycles. The van der Waals surface area contributed by atoms with Crippen LogP contribution in [0.2, 0.25) is 0 Å². The Morgan fingerprint density at radius 1 is 0.429 bits per heavy atom. The number of rotatable bonds is 5. The van der Waals surface area contributed by atoms with Crippen LogP contribution in [-0.4, -0.2) is 0 Å². The molecular weight excluding hydrogens is 506 g/mol. The molecule has 1 heteroatoms. The molecular formula is C41H29N. The van der Waals surface area contributed by atoms with Gasteiger partial charge in [0, 0.05) is 16.9 Å². The van der Waals surface area contributed by atoms with E-state index in [-0.39, 0.29) is 0 Å². The molecule has 0 fully saturated rings. The summed E-state index contributed by atoms with van der Waals surface area (Å²) in [6, 6.07) is 61.5. The summed E-state index contributed by atoms with van der Waals surface area (Å²) >= 11 is 0. The largest absolute Gasteiger partial charge is 0.355 e. The van der Waals surface area contributed by atoms with Crippen molar-refractivity contribution in [3.05, 3.63) is 192 Å². The third-order valence-corrected chi connectivity index (χ3v) is 8.72. The van der Waals surface area contributed by atoms with Crippen LogP contribution in [0.25, 0.3) is 33.0 Å². The minimum absolute atomic E-state index is 0.406. The highest BCUT2D eigenvalue weighted by Crippen LogP contribution is 2.58. The maximum Gasteiger partial charge on any atom is 0.0714 e. The van der Waals surface area contributed by atoms with Gasteiger partial charge in [-0.15, -0.1) is 0 Å². The normalized spacial score (nSPS) is 13.0. The Hall–Kier alpha value is -5.40. The lowest BCUT2D eigenvalue weighted by atomic mass is 9.68. The smallest absolute Gasteiger partial charge is 0.0714 e. The molecule has 0 heterocycles. The van der Waals surface area contributed by atoms with Crippen molar-refractivity contribution in [1.29, 1.82) is 0 Å². The standard InChI is InChI=1S/C41H29N/c1-3-17-31(18-4-1)41(32-19-5-2-6-20-32)37-25-10-9-23-36(37)40-38(41)26-13-27-39(40)42-33-21-11-16-30(28-33)35-24-12-15-29-14-7-8-22-34(29)35/h1-28,42H. The van der Waals surface area contributed by atoms with Gasteiger partial charge in [-0.2, -0.15) is 0 Å². The lowest BCUT2D eigenvalue weighted by Gasteiger charge is -2.33. The fourth-order valence-corrected chi connectivity index (χ4v) is 6.99. The summed E-state index contributed by atoms with van der Waals surface area (Å²) in [5.74, 6) is 0. The van der Waals surface area contributed by atoms with E-state index in [0.29, 0.717) is 0 Å². The van der Waals surface area contributed by atoms with Crippen LogP contribution >= 0.6 is 0 Å². The van der Waals surface area contributed by atoms with E-state index in [1.807, 2.05) is 0 Å². The number of nitrogens with one attached hydrogen (secondary N) is 1. The van der Waals surface area contributed by atoms with E-state index in [1.54, 1.807) is 0 Å². The van der Waals surface area contributed by atoms with Crippen molar-refractivity contribution in [2.45, 2.75) is 5.41 Å². The number of anilines is 2. The molecule has 0 saturated heterocycles. The van der Waals surface area contributed by atoms with E-state index in [0.717, 1.165) is 11.4 Å². The van der Waals surface area contributed by atoms with Crippen LogP contribution in [0, 0.1) is 0 Å². The summed E-state index contributed by atoms with van der Waals surface area (Å²) in [4.78, 5) is 0. The molecule has 0 unspecified atom stereocenters. The van der Waals surface area contributed by atoms with Crippen molar-refractivity contribution in [3.8, 4) is 22.3 Å². The van der Waals surface area contributed by atoms with E-state index in [9.17, 15) is 0 Å². The number of hydrogen-bond acceptors (Lipinski definition) is 1. The molecule has 1 N–H and O–H groups in total. The Morgan fingerprint density at radius 2 is 1.02 bits per heavy atom. The van der Waals surface area contributed by atoms with Gasteiger partial charge in [-0.1, -0.05) is 152 Å². The molecule has 0 spiro atoms. The maximum atomic E-state index is 3.84. The molecule has 1 nitrogen and oxygen atoms in total. The minimum Gasteiger partial charge on any atom is -0.355 e. The van der Waals surface area contributed by atoms with Gasteiger partial charge in [0.25, 0.3) is 0 Å². The van der Waals surface area contributed by atoms with Crippen LogP contribution in [0.4, 0.5) is 11.4 Å². The van der Waals surface area contributed by atoms with Crippen molar-refractivity contribution < 1.29 is 0 Å². The Labute approximate surface area is 246 Å². The van der Waals surface area contributed by atoms with Crippen molar-refractivity contribution >= 4 is 22.1 Å². The van der Waals surface area contributed by atoms with Crippen molar-refractivity contribution in [2.75, 3.05) is 5.32 Å². The first-order valence-electron chi connectivity index (χ1n) is 14.5. The number of benzene rings is 7. The molecule has 8 rings (SSSR count). The Morgan fingerprint density at radius 3 is 1.83 bits per heavy atom. The molecule has 7 aromatic rings. The van der Waals surface area contributed by atoms with Gasteiger partial charge in [-0.05, 0) is 67.9 Å². The first kappa shape index (κ1) is 24.4. The molecule has 0 amide bonds. The zero-order valence-electron chi connectivity index (χ0n) is 23.2. The SMILES string of the molecule is c1ccc(C2(c3ccccc3)c3ccccc3-c3c(Nc4cccc(-c5cccc6ccccc56)c4)cccc32)cc1. The van der Waals surface area contributed by atoms with Gasteiger partial charge in [0.2, 0.25) is 0 Å². The summed E-state index contributed by atoms with van der Waals surface area (Å²) in [5, 5.41) is 6.36. The van der Waals surface area contributed by atoms with Gasteiger partial charge >= 0.3 is 0 Å². The van der Waals surface area contributed by atoms with Crippen LogP contribution in [-0.2, 0) is 5.41 Å². The molecule has 42 heavy (non-hydrogen) atoms. The highest BCUT2D eigenvalue weighted by molar-refractivity contribution is 5.98. The number of hydrogen-bond donors (Lipinski definition) is 1. The lowest BCUT2D eigenvalue weighted by Crippen LogP contribution is -2.28. The summed E-state index contributed by atoms with van der Waals surface area (Å²) < 4.78 is 0. The van der Waals surface area contributed by atoms with Gasteiger partial charge in [-0.3, -0.25) is 0 Å². The molecule has 7 aromatic carbocycles. The van der Waals surface area contributed by atoms with Crippen LogP contribution in [0.5, 0.6) is 0 Å². The third-order valence-electron chi connectivity index (χ3n) is 8.72. The molecule has 0 bridgehead atoms. The second-order valence-corrected chi connectivity index (χ2v) is 11.0. The molecule has 0 aliphatic heterocycles. The van der Waals surface area contributed by atoms with Crippen LogP contribution in [0.3, 0.4) is 0 Å². The van der Waals surface area contributed by atoms with Gasteiger partial charge < -0.3 is 5.32 Å². The van der Waals surface area contributed by atoms with Crippen LogP contribution in [0.15, 0.2) is 170 Å². The summed E-state index contributed by atoms with van der Waals surface area (Å²) in [6.07, 6.45) is 0. The van der Waals surface area contributed by atoms with Crippen molar-refractivity contribution in [3.63, 3.8) is 0 Å². The van der Waals surface area contributed by atoms with Crippen LogP contribution in [0.1, 0.15) is 22.3 Å². The fourth-order valence-electron chi connectivity index (χ4n) is 6.99. The Balaban J connectivity index is 1.31. The maximum absolute atomic E-state index is 3.84. The van der Waals surface area contributed by atoms with E-state index in [2.05, 4.69) is 175 Å². The summed E-state index contributed by atoms with van der Waals surface area (Å²) in [7, 11) is 0. The highest BCUT2D eigenvalue weighted by Gasteiger charge is 2.46. The van der Waals surface area contributed by atoms with E-state index in [4.69, 9.17) is 0 Å². The van der Waals surface area contributed by atoms with Gasteiger partial charge in [-0.25, -0.2) is 0 Å². The zero-order chi connectivity index (χ0) is 27.9. The molecule has 0 aromatic heterocycles. The predicted molar refractivity (Wildman–Crippen MR) is 176 cm³/mol. The minimum atomic E-state index is -0.406. The molecule has 0 atom stereocenters. The molecule has 0 radical (unpaired) electrons. The average Bonchev–Trinajstić information content (AvgIpc) is 3.37. The summed E-state index contributed by atoms with van der Waals surface area (Å²) in [5.41, 5.74) is 11.9. The fraction of sp³-hybridized carbons (Fsp3) is 0.0244. The first-order valence-corrected chi connectivity index (χ1v) is 14.5. The second-order valence-electron chi connectivity index (χ2n) is 11.0. The monoisotopic (exact) mass is 535 g/mol. The van der Waals surface area contributed by atoms with Gasteiger partial charge in [0.15, 0.2) is 0 Å². The van der Waals surface area contributed by atoms with Crippen molar-refractivity contribution in [2.24, 2.45) is 0 Å². The highest BCUT2D eigenvalue weighted by atomic mass is 14.9. The molecule has 198 valence electrons.